The molecule has 148 valence electrons. The van der Waals surface area contributed by atoms with Crippen LogP contribution in [-0.2, 0) is 6.54 Å². The number of rotatable bonds is 7. The van der Waals surface area contributed by atoms with Crippen LogP contribution in [0, 0.1) is 10.1 Å². The Morgan fingerprint density at radius 3 is 2.52 bits per heavy atom. The molecule has 0 aliphatic rings. The molecule has 0 radical (unpaired) electrons. The number of nitro benzene ring substituents is 1. The lowest BCUT2D eigenvalue weighted by atomic mass is 10.1. The van der Waals surface area contributed by atoms with Crippen molar-refractivity contribution in [3.63, 3.8) is 0 Å². The van der Waals surface area contributed by atoms with Gasteiger partial charge in [-0.3, -0.25) is 14.9 Å². The van der Waals surface area contributed by atoms with Crippen molar-refractivity contribution in [2.75, 3.05) is 5.32 Å². The first-order valence-electron chi connectivity index (χ1n) is 8.59. The SMILES string of the molecule is CC(=O)c1ccccc1NCc1ccc(Sc2ccc(Cl)c(Cl)c2)c([N+](=O)[O-])c1. The van der Waals surface area contributed by atoms with E-state index in [1.165, 1.54) is 24.8 Å². The zero-order valence-electron chi connectivity index (χ0n) is 15.3. The van der Waals surface area contributed by atoms with Crippen LogP contribution in [0.1, 0.15) is 22.8 Å². The summed E-state index contributed by atoms with van der Waals surface area (Å²) in [5.74, 6) is -0.0487. The Hall–Kier alpha value is -2.54. The number of carbonyl (C=O) groups is 1. The summed E-state index contributed by atoms with van der Waals surface area (Å²) in [6.45, 7) is 1.85. The van der Waals surface area contributed by atoms with Gasteiger partial charge in [0.15, 0.2) is 5.78 Å². The van der Waals surface area contributed by atoms with E-state index in [4.69, 9.17) is 23.2 Å². The van der Waals surface area contributed by atoms with Crippen LogP contribution in [0.15, 0.2) is 70.5 Å². The molecule has 3 aromatic carbocycles. The van der Waals surface area contributed by atoms with Crippen molar-refractivity contribution in [1.82, 2.24) is 0 Å². The van der Waals surface area contributed by atoms with Crippen molar-refractivity contribution >= 4 is 52.1 Å². The molecule has 0 aromatic heterocycles. The average molecular weight is 447 g/mol. The second-order valence-corrected chi connectivity index (χ2v) is 8.12. The van der Waals surface area contributed by atoms with Crippen molar-refractivity contribution in [3.8, 4) is 0 Å². The van der Waals surface area contributed by atoms with E-state index in [-0.39, 0.29) is 11.5 Å². The van der Waals surface area contributed by atoms with Gasteiger partial charge in [-0.05, 0) is 48.9 Å². The van der Waals surface area contributed by atoms with E-state index in [1.54, 1.807) is 42.5 Å². The van der Waals surface area contributed by atoms with E-state index in [9.17, 15) is 14.9 Å². The molecule has 1 N–H and O–H groups in total. The monoisotopic (exact) mass is 446 g/mol. The van der Waals surface area contributed by atoms with Gasteiger partial charge in [0.25, 0.3) is 5.69 Å². The van der Waals surface area contributed by atoms with Gasteiger partial charge in [-0.15, -0.1) is 0 Å². The summed E-state index contributed by atoms with van der Waals surface area (Å²) in [6.07, 6.45) is 0. The predicted octanol–water partition coefficient (Wildman–Crippen LogP) is 6.87. The van der Waals surface area contributed by atoms with Crippen molar-refractivity contribution in [3.05, 3.63) is 92.0 Å². The Labute approximate surface area is 182 Å². The molecule has 0 saturated carbocycles. The minimum absolute atomic E-state index is 0.000209. The van der Waals surface area contributed by atoms with Gasteiger partial charge in [-0.2, -0.15) is 0 Å². The number of nitro groups is 1. The molecule has 0 heterocycles. The molecule has 0 aliphatic carbocycles. The van der Waals surface area contributed by atoms with E-state index >= 15 is 0 Å². The molecule has 3 rings (SSSR count). The third kappa shape index (κ3) is 5.29. The molecule has 0 atom stereocenters. The summed E-state index contributed by atoms with van der Waals surface area (Å²) in [5, 5.41) is 15.6. The third-order valence-corrected chi connectivity index (χ3v) is 5.92. The summed E-state index contributed by atoms with van der Waals surface area (Å²) in [6, 6.07) is 17.3. The fraction of sp³-hybridized carbons (Fsp3) is 0.0952. The number of carbonyl (C=O) groups excluding carboxylic acids is 1. The predicted molar refractivity (Wildman–Crippen MR) is 117 cm³/mol. The van der Waals surface area contributed by atoms with Gasteiger partial charge in [0.05, 0.1) is 19.9 Å². The molecule has 8 heteroatoms. The van der Waals surface area contributed by atoms with Crippen LogP contribution >= 0.6 is 35.0 Å². The fourth-order valence-electron chi connectivity index (χ4n) is 2.71. The lowest BCUT2D eigenvalue weighted by Crippen LogP contribution is -2.05. The van der Waals surface area contributed by atoms with Gasteiger partial charge >= 0.3 is 0 Å². The van der Waals surface area contributed by atoms with E-state index in [0.29, 0.717) is 32.7 Å². The number of nitrogens with zero attached hydrogens (tertiary/aromatic N) is 1. The van der Waals surface area contributed by atoms with Crippen molar-refractivity contribution in [2.24, 2.45) is 0 Å². The summed E-state index contributed by atoms with van der Waals surface area (Å²) in [7, 11) is 0. The van der Waals surface area contributed by atoms with Gasteiger partial charge in [0, 0.05) is 28.8 Å². The summed E-state index contributed by atoms with van der Waals surface area (Å²) < 4.78 is 0. The van der Waals surface area contributed by atoms with E-state index in [2.05, 4.69) is 5.32 Å². The maximum Gasteiger partial charge on any atom is 0.283 e. The maximum absolute atomic E-state index is 11.7. The number of benzene rings is 3. The van der Waals surface area contributed by atoms with Crippen molar-refractivity contribution < 1.29 is 9.72 Å². The van der Waals surface area contributed by atoms with Gasteiger partial charge in [0.2, 0.25) is 0 Å². The van der Waals surface area contributed by atoms with Crippen molar-refractivity contribution in [1.29, 1.82) is 0 Å². The number of hydrogen-bond donors (Lipinski definition) is 1. The minimum atomic E-state index is -0.410. The quantitative estimate of drug-likeness (QED) is 0.243. The Bertz CT molecular complexity index is 1090. The van der Waals surface area contributed by atoms with Crippen LogP contribution < -0.4 is 5.32 Å². The lowest BCUT2D eigenvalue weighted by Gasteiger charge is -2.11. The van der Waals surface area contributed by atoms with E-state index < -0.39 is 4.92 Å². The molecule has 0 bridgehead atoms. The molecule has 0 spiro atoms. The zero-order valence-corrected chi connectivity index (χ0v) is 17.6. The summed E-state index contributed by atoms with van der Waals surface area (Å²) in [5.41, 5.74) is 2.00. The highest BCUT2D eigenvalue weighted by molar-refractivity contribution is 7.99. The molecule has 0 unspecified atom stereocenters. The highest BCUT2D eigenvalue weighted by Crippen LogP contribution is 2.37. The van der Waals surface area contributed by atoms with Gasteiger partial charge in [0.1, 0.15) is 0 Å². The molecule has 0 fully saturated rings. The van der Waals surface area contributed by atoms with Crippen LogP contribution in [0.3, 0.4) is 0 Å². The number of halogens is 2. The highest BCUT2D eigenvalue weighted by atomic mass is 35.5. The molecule has 29 heavy (non-hydrogen) atoms. The van der Waals surface area contributed by atoms with Crippen LogP contribution in [0.2, 0.25) is 10.0 Å². The number of Topliss-reactive ketones (excluding diaryl/α,β-unsaturated/α-hetero) is 1. The van der Waals surface area contributed by atoms with Crippen LogP contribution in [0.4, 0.5) is 11.4 Å². The standard InChI is InChI=1S/C21H16Cl2N2O3S/c1-13(26)16-4-2-3-5-19(16)24-12-14-6-9-21(20(10-14)25(27)28)29-15-7-8-17(22)18(23)11-15/h2-11,24H,12H2,1H3. The summed E-state index contributed by atoms with van der Waals surface area (Å²) >= 11 is 13.2. The highest BCUT2D eigenvalue weighted by Gasteiger charge is 2.17. The Morgan fingerprint density at radius 1 is 1.07 bits per heavy atom. The number of para-hydroxylation sites is 1. The first-order valence-corrected chi connectivity index (χ1v) is 10.2. The smallest absolute Gasteiger partial charge is 0.283 e. The average Bonchev–Trinajstić information content (AvgIpc) is 2.70. The zero-order chi connectivity index (χ0) is 21.0. The van der Waals surface area contributed by atoms with E-state index in [1.807, 2.05) is 12.1 Å². The van der Waals surface area contributed by atoms with Gasteiger partial charge < -0.3 is 5.32 Å². The number of hydrogen-bond acceptors (Lipinski definition) is 5. The molecule has 3 aromatic rings. The molecule has 0 amide bonds. The third-order valence-electron chi connectivity index (χ3n) is 4.13. The van der Waals surface area contributed by atoms with Gasteiger partial charge in [-0.1, -0.05) is 53.2 Å². The first kappa shape index (κ1) is 21.2. The number of nitrogens with one attached hydrogen (secondary N) is 1. The van der Waals surface area contributed by atoms with Crippen molar-refractivity contribution in [2.45, 2.75) is 23.3 Å². The lowest BCUT2D eigenvalue weighted by molar-refractivity contribution is -0.387. The fourth-order valence-corrected chi connectivity index (χ4v) is 4.01. The maximum atomic E-state index is 11.7. The largest absolute Gasteiger partial charge is 0.380 e. The molecular formula is C21H16Cl2N2O3S. The summed E-state index contributed by atoms with van der Waals surface area (Å²) in [4.78, 5) is 24.2. The minimum Gasteiger partial charge on any atom is -0.380 e. The molecule has 0 aliphatic heterocycles. The van der Waals surface area contributed by atoms with Crippen LogP contribution in [-0.4, -0.2) is 10.7 Å². The Kier molecular flexibility index (Phi) is 6.79. The Balaban J connectivity index is 1.82. The Morgan fingerprint density at radius 2 is 1.83 bits per heavy atom. The molecule has 0 saturated heterocycles. The van der Waals surface area contributed by atoms with E-state index in [0.717, 1.165) is 10.5 Å². The molecule has 5 nitrogen and oxygen atoms in total. The second kappa shape index (κ2) is 9.31. The first-order chi connectivity index (χ1) is 13.8. The second-order valence-electron chi connectivity index (χ2n) is 6.19. The van der Waals surface area contributed by atoms with Crippen LogP contribution in [0.5, 0.6) is 0 Å². The number of anilines is 1. The van der Waals surface area contributed by atoms with Gasteiger partial charge in [-0.25, -0.2) is 0 Å². The van der Waals surface area contributed by atoms with Crippen LogP contribution in [0.25, 0.3) is 0 Å². The number of ketones is 1. The molecular weight excluding hydrogens is 431 g/mol. The normalized spacial score (nSPS) is 10.6. The topological polar surface area (TPSA) is 72.2 Å².